The minimum Gasteiger partial charge on any atom is -0.309 e. The monoisotopic (exact) mass is 315 g/mol. The Bertz CT molecular complexity index is 692. The maximum absolute atomic E-state index is 12.8. The molecule has 2 aromatic rings. The maximum atomic E-state index is 12.8. The molecule has 1 aromatic carbocycles. The Labute approximate surface area is 121 Å². The molecule has 5 nitrogen and oxygen atoms in total. The molecule has 9 heteroatoms. The Hall–Kier alpha value is -2.71. The highest BCUT2D eigenvalue weighted by atomic mass is 19.4. The van der Waals surface area contributed by atoms with Crippen LogP contribution in [0.3, 0.4) is 0 Å². The van der Waals surface area contributed by atoms with Gasteiger partial charge in [-0.25, -0.2) is 4.39 Å². The molecule has 0 aliphatic carbocycles. The van der Waals surface area contributed by atoms with Crippen LogP contribution in [0, 0.1) is 5.82 Å². The van der Waals surface area contributed by atoms with Crippen LogP contribution in [0.25, 0.3) is 11.3 Å². The number of aromatic amines is 1. The summed E-state index contributed by atoms with van der Waals surface area (Å²) >= 11 is 0. The zero-order valence-corrected chi connectivity index (χ0v) is 10.9. The maximum Gasteiger partial charge on any atom is 0.450 e. The van der Waals surface area contributed by atoms with Gasteiger partial charge in [0.25, 0.3) is 0 Å². The Morgan fingerprint density at radius 1 is 1.18 bits per heavy atom. The molecule has 0 saturated heterocycles. The molecular weight excluding hydrogens is 306 g/mol. The van der Waals surface area contributed by atoms with E-state index in [0.717, 1.165) is 0 Å². The Balaban J connectivity index is 2.02. The van der Waals surface area contributed by atoms with Gasteiger partial charge in [0.1, 0.15) is 5.82 Å². The number of nitrogens with zero attached hydrogens (tertiary/aromatic N) is 1. The highest BCUT2D eigenvalue weighted by Gasteiger charge is 2.39. The first-order valence-electron chi connectivity index (χ1n) is 5.97. The van der Waals surface area contributed by atoms with Gasteiger partial charge in [-0.1, -0.05) is 0 Å². The molecule has 1 aromatic heterocycles. The van der Waals surface area contributed by atoms with Gasteiger partial charge in [0.2, 0.25) is 11.7 Å². The number of Topliss-reactive ketones (excluding diaryl/α,β-unsaturated/α-hetero) is 1. The summed E-state index contributed by atoms with van der Waals surface area (Å²) in [7, 11) is 0. The lowest BCUT2D eigenvalue weighted by Crippen LogP contribution is -2.27. The summed E-state index contributed by atoms with van der Waals surface area (Å²) in [6, 6.07) is 6.71. The number of hydrogen-bond acceptors (Lipinski definition) is 3. The molecule has 0 saturated carbocycles. The summed E-state index contributed by atoms with van der Waals surface area (Å²) in [5.41, 5.74) is 0.998. The number of carbonyl (C=O) groups excluding carboxylic acids is 2. The molecule has 0 bridgehead atoms. The number of nitrogens with one attached hydrogen (secondary N) is 2. The van der Waals surface area contributed by atoms with E-state index in [2.05, 4.69) is 15.5 Å². The zero-order valence-electron chi connectivity index (χ0n) is 10.9. The lowest BCUT2D eigenvalue weighted by Gasteiger charge is -2.04. The summed E-state index contributed by atoms with van der Waals surface area (Å²) in [4.78, 5) is 22.0. The van der Waals surface area contributed by atoms with E-state index in [1.165, 1.54) is 30.3 Å². The Morgan fingerprint density at radius 3 is 2.41 bits per heavy atom. The summed E-state index contributed by atoms with van der Waals surface area (Å²) < 4.78 is 48.9. The molecule has 0 radical (unpaired) electrons. The number of amides is 1. The Kier molecular flexibility index (Phi) is 4.25. The van der Waals surface area contributed by atoms with Crippen molar-refractivity contribution in [2.75, 3.05) is 5.32 Å². The third-order valence-corrected chi connectivity index (χ3v) is 2.64. The molecule has 1 heterocycles. The van der Waals surface area contributed by atoms with Crippen molar-refractivity contribution < 1.29 is 27.2 Å². The van der Waals surface area contributed by atoms with Gasteiger partial charge in [-0.2, -0.15) is 18.3 Å². The van der Waals surface area contributed by atoms with E-state index in [1.54, 1.807) is 0 Å². The summed E-state index contributed by atoms with van der Waals surface area (Å²) in [6.45, 7) is 0. The second-order valence-corrected chi connectivity index (χ2v) is 4.32. The molecular formula is C13H9F4N3O2. The number of hydrogen-bond donors (Lipinski definition) is 2. The van der Waals surface area contributed by atoms with Crippen LogP contribution in [0.15, 0.2) is 30.3 Å². The molecule has 0 aliphatic rings. The van der Waals surface area contributed by atoms with Crippen LogP contribution in [-0.2, 0) is 9.59 Å². The first-order valence-corrected chi connectivity index (χ1v) is 5.97. The van der Waals surface area contributed by atoms with E-state index in [0.29, 0.717) is 11.3 Å². The molecule has 0 unspecified atom stereocenters. The highest BCUT2D eigenvalue weighted by Crippen LogP contribution is 2.21. The van der Waals surface area contributed by atoms with Crippen LogP contribution in [0.1, 0.15) is 6.42 Å². The van der Waals surface area contributed by atoms with Crippen LogP contribution in [-0.4, -0.2) is 28.1 Å². The van der Waals surface area contributed by atoms with Crippen molar-refractivity contribution in [2.45, 2.75) is 12.6 Å². The lowest BCUT2D eigenvalue weighted by molar-refractivity contribution is -0.171. The van der Waals surface area contributed by atoms with Gasteiger partial charge in [0.15, 0.2) is 5.82 Å². The normalized spacial score (nSPS) is 11.3. The minimum absolute atomic E-state index is 0.0423. The predicted molar refractivity (Wildman–Crippen MR) is 68.3 cm³/mol. The van der Waals surface area contributed by atoms with E-state index in [9.17, 15) is 27.2 Å². The molecule has 0 spiro atoms. The number of alkyl halides is 3. The van der Waals surface area contributed by atoms with E-state index >= 15 is 0 Å². The second-order valence-electron chi connectivity index (χ2n) is 4.32. The van der Waals surface area contributed by atoms with E-state index < -0.39 is 30.1 Å². The van der Waals surface area contributed by atoms with Crippen molar-refractivity contribution in [3.8, 4) is 11.3 Å². The van der Waals surface area contributed by atoms with Crippen molar-refractivity contribution in [3.63, 3.8) is 0 Å². The fourth-order valence-electron chi connectivity index (χ4n) is 1.60. The number of rotatable bonds is 4. The minimum atomic E-state index is -5.05. The average molecular weight is 315 g/mol. The quantitative estimate of drug-likeness (QED) is 0.673. The van der Waals surface area contributed by atoms with Crippen molar-refractivity contribution in [2.24, 2.45) is 0 Å². The zero-order chi connectivity index (χ0) is 16.3. The largest absolute Gasteiger partial charge is 0.450 e. The fourth-order valence-corrected chi connectivity index (χ4v) is 1.60. The standard InChI is InChI=1S/C13H9F4N3O2/c14-8-3-1-7(2-4-8)9-5-11(20-19-9)18-12(22)6-10(21)13(15,16)17/h1-5H,6H2,(H2,18,19,20,22). The van der Waals surface area contributed by atoms with Gasteiger partial charge >= 0.3 is 6.18 Å². The summed E-state index contributed by atoms with van der Waals surface area (Å²) in [5.74, 6) is -3.74. The number of halogens is 4. The fraction of sp³-hybridized carbons (Fsp3) is 0.154. The number of carbonyl (C=O) groups is 2. The number of benzene rings is 1. The third-order valence-electron chi connectivity index (χ3n) is 2.64. The van der Waals surface area contributed by atoms with Gasteiger partial charge in [0, 0.05) is 6.07 Å². The molecule has 22 heavy (non-hydrogen) atoms. The Morgan fingerprint density at radius 2 is 1.82 bits per heavy atom. The SMILES string of the molecule is O=C(CC(=O)C(F)(F)F)Nc1cc(-c2ccc(F)cc2)[nH]n1. The average Bonchev–Trinajstić information content (AvgIpc) is 2.86. The van der Waals surface area contributed by atoms with E-state index in [4.69, 9.17) is 0 Å². The molecule has 116 valence electrons. The lowest BCUT2D eigenvalue weighted by atomic mass is 10.1. The second kappa shape index (κ2) is 5.96. The van der Waals surface area contributed by atoms with Crippen molar-refractivity contribution in [3.05, 3.63) is 36.1 Å². The highest BCUT2D eigenvalue weighted by molar-refractivity contribution is 6.05. The summed E-state index contributed by atoms with van der Waals surface area (Å²) in [5, 5.41) is 8.29. The van der Waals surface area contributed by atoms with Crippen LogP contribution in [0.4, 0.5) is 23.4 Å². The number of aromatic nitrogens is 2. The molecule has 0 atom stereocenters. The topological polar surface area (TPSA) is 74.8 Å². The number of H-pyrrole nitrogens is 1. The predicted octanol–water partition coefficient (Wildman–Crippen LogP) is 2.68. The number of ketones is 1. The van der Waals surface area contributed by atoms with Crippen molar-refractivity contribution >= 4 is 17.5 Å². The van der Waals surface area contributed by atoms with Crippen molar-refractivity contribution in [1.29, 1.82) is 0 Å². The van der Waals surface area contributed by atoms with Gasteiger partial charge in [-0.3, -0.25) is 14.7 Å². The van der Waals surface area contributed by atoms with Gasteiger partial charge in [0.05, 0.1) is 12.1 Å². The van der Waals surface area contributed by atoms with Gasteiger partial charge in [-0.05, 0) is 29.8 Å². The van der Waals surface area contributed by atoms with Gasteiger partial charge in [-0.15, -0.1) is 0 Å². The smallest absolute Gasteiger partial charge is 0.309 e. The van der Waals surface area contributed by atoms with E-state index in [-0.39, 0.29) is 5.82 Å². The number of anilines is 1. The third kappa shape index (κ3) is 3.90. The van der Waals surface area contributed by atoms with Crippen LogP contribution >= 0.6 is 0 Å². The van der Waals surface area contributed by atoms with Crippen LogP contribution in [0.5, 0.6) is 0 Å². The van der Waals surface area contributed by atoms with E-state index in [1.807, 2.05) is 0 Å². The van der Waals surface area contributed by atoms with Gasteiger partial charge < -0.3 is 5.32 Å². The van der Waals surface area contributed by atoms with Crippen molar-refractivity contribution in [1.82, 2.24) is 10.2 Å². The molecule has 0 aliphatic heterocycles. The molecule has 2 rings (SSSR count). The summed E-state index contributed by atoms with van der Waals surface area (Å²) in [6.07, 6.45) is -6.37. The first-order chi connectivity index (χ1) is 10.3. The molecule has 2 N–H and O–H groups in total. The molecule has 1 amide bonds. The van der Waals surface area contributed by atoms with Crippen LogP contribution in [0.2, 0.25) is 0 Å². The molecule has 0 fully saturated rings. The first kappa shape index (κ1) is 15.7. The van der Waals surface area contributed by atoms with Crippen LogP contribution < -0.4 is 5.32 Å².